The standard InChI is InChI=1S/C19H14ClF3O4/c1-26-13-4-2-3-10(6-13)5-11-9-16-12(8-15(11)20)7-14(18(24)25)17(27-16)19(21,22)23/h2-9,14,17H,1H3,(H,24,25). The molecule has 3 rings (SSSR count). The summed E-state index contributed by atoms with van der Waals surface area (Å²) in [5, 5.41) is 10.0. The first-order valence-corrected chi connectivity index (χ1v) is 8.20. The number of hydrogen-bond acceptors (Lipinski definition) is 3. The van der Waals surface area contributed by atoms with Crippen molar-refractivity contribution < 1.29 is 32.5 Å². The SMILES string of the molecule is COc1cccc(C=c2cc3c(cc2Cl)=CC(C(=O)O)C(C(F)(F)F)O3)c1. The van der Waals surface area contributed by atoms with Gasteiger partial charge in [0.1, 0.15) is 17.4 Å². The molecule has 1 N–H and O–H groups in total. The van der Waals surface area contributed by atoms with Crippen molar-refractivity contribution >= 4 is 29.7 Å². The maximum atomic E-state index is 13.2. The predicted octanol–water partition coefficient (Wildman–Crippen LogP) is 2.98. The zero-order chi connectivity index (χ0) is 19.8. The molecule has 1 heterocycles. The lowest BCUT2D eigenvalue weighted by Gasteiger charge is -2.28. The highest BCUT2D eigenvalue weighted by atomic mass is 35.5. The molecule has 0 aromatic heterocycles. The molecule has 2 atom stereocenters. The molecule has 2 aromatic carbocycles. The van der Waals surface area contributed by atoms with Crippen molar-refractivity contribution in [3.8, 4) is 11.5 Å². The second-order valence-electron chi connectivity index (χ2n) is 5.94. The minimum Gasteiger partial charge on any atom is -0.497 e. The van der Waals surface area contributed by atoms with E-state index in [1.54, 1.807) is 30.3 Å². The Labute approximate surface area is 157 Å². The first-order chi connectivity index (χ1) is 12.7. The Balaban J connectivity index is 2.12. The van der Waals surface area contributed by atoms with E-state index in [0.717, 1.165) is 11.6 Å². The minimum atomic E-state index is -4.83. The van der Waals surface area contributed by atoms with E-state index in [2.05, 4.69) is 0 Å². The topological polar surface area (TPSA) is 55.8 Å². The number of carbonyl (C=O) groups is 1. The summed E-state index contributed by atoms with van der Waals surface area (Å²) in [6, 6.07) is 9.80. The van der Waals surface area contributed by atoms with Crippen LogP contribution in [0.25, 0.3) is 12.2 Å². The van der Waals surface area contributed by atoms with Gasteiger partial charge in [0.25, 0.3) is 0 Å². The van der Waals surface area contributed by atoms with E-state index in [-0.39, 0.29) is 16.0 Å². The van der Waals surface area contributed by atoms with E-state index in [4.69, 9.17) is 26.2 Å². The summed E-state index contributed by atoms with van der Waals surface area (Å²) in [6.45, 7) is 0. The van der Waals surface area contributed by atoms with Gasteiger partial charge in [-0.25, -0.2) is 0 Å². The summed E-state index contributed by atoms with van der Waals surface area (Å²) in [5.74, 6) is -2.93. The number of methoxy groups -OCH3 is 1. The molecule has 0 spiro atoms. The van der Waals surface area contributed by atoms with Crippen molar-refractivity contribution in [1.29, 1.82) is 0 Å². The summed E-state index contributed by atoms with van der Waals surface area (Å²) in [6.07, 6.45) is -4.61. The fourth-order valence-corrected chi connectivity index (χ4v) is 3.03. The van der Waals surface area contributed by atoms with Crippen LogP contribution >= 0.6 is 11.6 Å². The van der Waals surface area contributed by atoms with Crippen molar-refractivity contribution in [2.45, 2.75) is 12.3 Å². The maximum absolute atomic E-state index is 13.2. The van der Waals surface area contributed by atoms with Gasteiger partial charge in [0.05, 0.1) is 7.11 Å². The number of hydrogen-bond donors (Lipinski definition) is 1. The summed E-state index contributed by atoms with van der Waals surface area (Å²) >= 11 is 6.23. The highest BCUT2D eigenvalue weighted by Gasteiger charge is 2.50. The van der Waals surface area contributed by atoms with Gasteiger partial charge in [-0.2, -0.15) is 13.2 Å². The summed E-state index contributed by atoms with van der Waals surface area (Å²) in [5.41, 5.74) is 0.728. The minimum absolute atomic E-state index is 0.0756. The molecule has 2 aromatic rings. The normalized spacial score (nSPS) is 19.7. The van der Waals surface area contributed by atoms with Crippen LogP contribution in [-0.4, -0.2) is 30.5 Å². The van der Waals surface area contributed by atoms with Crippen molar-refractivity contribution in [3.63, 3.8) is 0 Å². The molecule has 0 aliphatic carbocycles. The number of benzene rings is 2. The molecular weight excluding hydrogens is 385 g/mol. The third-order valence-electron chi connectivity index (χ3n) is 4.09. The van der Waals surface area contributed by atoms with E-state index >= 15 is 0 Å². The van der Waals surface area contributed by atoms with Gasteiger partial charge in [0, 0.05) is 10.2 Å². The van der Waals surface area contributed by atoms with Crippen LogP contribution < -0.4 is 19.9 Å². The second kappa shape index (κ2) is 7.15. The summed E-state index contributed by atoms with van der Waals surface area (Å²) < 4.78 is 49.7. The van der Waals surface area contributed by atoms with Gasteiger partial charge < -0.3 is 14.6 Å². The smallest absolute Gasteiger partial charge is 0.426 e. The van der Waals surface area contributed by atoms with Crippen LogP contribution in [0.1, 0.15) is 5.56 Å². The fraction of sp³-hybridized carbons (Fsp3) is 0.211. The molecule has 27 heavy (non-hydrogen) atoms. The number of halogens is 4. The van der Waals surface area contributed by atoms with E-state index in [0.29, 0.717) is 11.0 Å². The first kappa shape index (κ1) is 19.1. The predicted molar refractivity (Wildman–Crippen MR) is 93.3 cm³/mol. The lowest BCUT2D eigenvalue weighted by atomic mass is 9.97. The molecule has 4 nitrogen and oxygen atoms in total. The molecule has 142 valence electrons. The second-order valence-corrected chi connectivity index (χ2v) is 6.35. The molecule has 0 bridgehead atoms. The van der Waals surface area contributed by atoms with E-state index in [1.165, 1.54) is 19.2 Å². The van der Waals surface area contributed by atoms with Crippen LogP contribution in [0.3, 0.4) is 0 Å². The fourth-order valence-electron chi connectivity index (χ4n) is 2.80. The maximum Gasteiger partial charge on any atom is 0.426 e. The Kier molecular flexibility index (Phi) is 5.06. The van der Waals surface area contributed by atoms with Crippen LogP contribution in [0.15, 0.2) is 36.4 Å². The van der Waals surface area contributed by atoms with Gasteiger partial charge in [0.15, 0.2) is 0 Å². The van der Waals surface area contributed by atoms with Crippen molar-refractivity contribution in [2.24, 2.45) is 5.92 Å². The van der Waals surface area contributed by atoms with Gasteiger partial charge in [-0.15, -0.1) is 0 Å². The van der Waals surface area contributed by atoms with Crippen LogP contribution in [0.5, 0.6) is 11.5 Å². The van der Waals surface area contributed by atoms with Gasteiger partial charge in [-0.05, 0) is 41.1 Å². The number of carboxylic acid groups (broad SMARTS) is 1. The molecule has 0 saturated carbocycles. The Morgan fingerprint density at radius 1 is 1.30 bits per heavy atom. The van der Waals surface area contributed by atoms with Gasteiger partial charge >= 0.3 is 12.1 Å². The molecule has 1 aliphatic rings. The number of rotatable bonds is 3. The Bertz CT molecular complexity index is 1000. The molecule has 8 heteroatoms. The third-order valence-corrected chi connectivity index (χ3v) is 4.42. The zero-order valence-corrected chi connectivity index (χ0v) is 14.7. The Hall–Kier alpha value is -2.67. The average molecular weight is 399 g/mol. The average Bonchev–Trinajstić information content (AvgIpc) is 2.60. The summed E-state index contributed by atoms with van der Waals surface area (Å²) in [4.78, 5) is 11.2. The van der Waals surface area contributed by atoms with Crippen molar-refractivity contribution in [2.75, 3.05) is 7.11 Å². The van der Waals surface area contributed by atoms with E-state index < -0.39 is 24.2 Å². The highest BCUT2D eigenvalue weighted by Crippen LogP contribution is 2.32. The molecule has 0 fully saturated rings. The molecule has 0 radical (unpaired) electrons. The number of ether oxygens (including phenoxy) is 2. The number of aliphatic carboxylic acids is 1. The van der Waals surface area contributed by atoms with Crippen molar-refractivity contribution in [1.82, 2.24) is 0 Å². The monoisotopic (exact) mass is 398 g/mol. The molecule has 0 saturated heterocycles. The van der Waals surface area contributed by atoms with E-state index in [9.17, 15) is 18.0 Å². The quantitative estimate of drug-likeness (QED) is 0.863. The van der Waals surface area contributed by atoms with Gasteiger partial charge in [0.2, 0.25) is 6.10 Å². The van der Waals surface area contributed by atoms with Crippen LogP contribution in [-0.2, 0) is 4.79 Å². The Morgan fingerprint density at radius 3 is 2.67 bits per heavy atom. The highest BCUT2D eigenvalue weighted by molar-refractivity contribution is 6.30. The van der Waals surface area contributed by atoms with Crippen LogP contribution in [0, 0.1) is 5.92 Å². The third kappa shape index (κ3) is 4.03. The van der Waals surface area contributed by atoms with Crippen LogP contribution in [0.4, 0.5) is 13.2 Å². The lowest BCUT2D eigenvalue weighted by molar-refractivity contribution is -0.209. The summed E-state index contributed by atoms with van der Waals surface area (Å²) in [7, 11) is 1.52. The van der Waals surface area contributed by atoms with Gasteiger partial charge in [-0.3, -0.25) is 4.79 Å². The first-order valence-electron chi connectivity index (χ1n) is 7.82. The van der Waals surface area contributed by atoms with E-state index in [1.807, 2.05) is 0 Å². The number of fused-ring (bicyclic) bond motifs is 1. The molecule has 1 aliphatic heterocycles. The zero-order valence-electron chi connectivity index (χ0n) is 14.0. The lowest BCUT2D eigenvalue weighted by Crippen LogP contribution is -2.47. The number of alkyl halides is 3. The molecular formula is C19H14ClF3O4. The largest absolute Gasteiger partial charge is 0.497 e. The van der Waals surface area contributed by atoms with Crippen LogP contribution in [0.2, 0.25) is 5.02 Å². The van der Waals surface area contributed by atoms with Gasteiger partial charge in [-0.1, -0.05) is 29.8 Å². The molecule has 2 unspecified atom stereocenters. The molecule has 0 amide bonds. The van der Waals surface area contributed by atoms with Crippen molar-refractivity contribution in [3.05, 3.63) is 57.4 Å². The Morgan fingerprint density at radius 2 is 2.04 bits per heavy atom. The number of carboxylic acids is 1.